The van der Waals surface area contributed by atoms with Gasteiger partial charge in [-0.05, 0) is 49.4 Å². The number of hydrogen-bond donors (Lipinski definition) is 0. The van der Waals surface area contributed by atoms with Crippen molar-refractivity contribution in [3.8, 4) is 34.2 Å². The largest absolute Gasteiger partial charge is 0.368 e. The second-order valence-corrected chi connectivity index (χ2v) is 9.26. The molecule has 5 aromatic rings. The van der Waals surface area contributed by atoms with Gasteiger partial charge in [-0.25, -0.2) is 15.0 Å². The van der Waals surface area contributed by atoms with Gasteiger partial charge >= 0.3 is 0 Å². The lowest BCUT2D eigenvalue weighted by atomic mass is 10.1. The Bertz CT molecular complexity index is 1600. The van der Waals surface area contributed by atoms with Gasteiger partial charge in [-0.15, -0.1) is 0 Å². The van der Waals surface area contributed by atoms with E-state index in [-0.39, 0.29) is 11.6 Å². The highest BCUT2D eigenvalue weighted by atomic mass is 16.5. The Morgan fingerprint density at radius 3 is 2.47 bits per heavy atom. The molecule has 4 heterocycles. The summed E-state index contributed by atoms with van der Waals surface area (Å²) in [6, 6.07) is 21.3. The molecule has 6 rings (SSSR count). The maximum Gasteiger partial charge on any atom is 0.258 e. The van der Waals surface area contributed by atoms with Gasteiger partial charge in [-0.3, -0.25) is 9.36 Å². The molecule has 10 nitrogen and oxygen atoms in total. The second-order valence-electron chi connectivity index (χ2n) is 9.26. The second kappa shape index (κ2) is 9.89. The maximum absolute atomic E-state index is 12.7. The van der Waals surface area contributed by atoms with Crippen LogP contribution < -0.4 is 15.4 Å². The summed E-state index contributed by atoms with van der Waals surface area (Å²) in [6.07, 6.45) is 3.11. The van der Waals surface area contributed by atoms with Crippen LogP contribution in [0.2, 0.25) is 0 Å². The molecule has 1 aliphatic rings. The molecule has 0 N–H and O–H groups in total. The van der Waals surface area contributed by atoms with Crippen LogP contribution in [0.5, 0.6) is 0 Å². The molecule has 1 atom stereocenters. The van der Waals surface area contributed by atoms with Crippen molar-refractivity contribution >= 4 is 11.6 Å². The molecule has 0 saturated carbocycles. The third-order valence-electron chi connectivity index (χ3n) is 6.78. The highest BCUT2D eigenvalue weighted by Gasteiger charge is 2.27. The summed E-state index contributed by atoms with van der Waals surface area (Å²) in [5, 5.41) is 4.16. The molecule has 3 aromatic heterocycles. The molecule has 0 bridgehead atoms. The summed E-state index contributed by atoms with van der Waals surface area (Å²) in [7, 11) is 1.76. The molecule has 10 heteroatoms. The zero-order valence-electron chi connectivity index (χ0n) is 21.1. The first-order chi connectivity index (χ1) is 18.6. The average Bonchev–Trinajstić information content (AvgIpc) is 3.46. The standard InChI is InChI=1S/C28H26N8O2/c1-19-17-35(14-15-36(19)28-31-24(16-25(37)34(28)2)23-12-13-29-18-30-23)22-10-8-20(9-11-22)26-32-27(38-33-26)21-6-4-3-5-7-21/h3-13,16,18-19H,14-15,17H2,1-2H3/t19-/m1/s1. The van der Waals surface area contributed by atoms with Crippen molar-refractivity contribution in [1.82, 2.24) is 29.7 Å². The van der Waals surface area contributed by atoms with Crippen molar-refractivity contribution in [3.05, 3.63) is 89.6 Å². The predicted molar refractivity (Wildman–Crippen MR) is 145 cm³/mol. The number of nitrogens with zero attached hydrogens (tertiary/aromatic N) is 8. The zero-order chi connectivity index (χ0) is 26.1. The van der Waals surface area contributed by atoms with Crippen LogP contribution in [0.4, 0.5) is 11.6 Å². The molecule has 2 aromatic carbocycles. The average molecular weight is 507 g/mol. The normalized spacial score (nSPS) is 15.6. The van der Waals surface area contributed by atoms with Crippen molar-refractivity contribution in [2.45, 2.75) is 13.0 Å². The first kappa shape index (κ1) is 23.5. The minimum absolute atomic E-state index is 0.120. The third-order valence-corrected chi connectivity index (χ3v) is 6.78. The van der Waals surface area contributed by atoms with Crippen molar-refractivity contribution < 1.29 is 4.52 Å². The van der Waals surface area contributed by atoms with Crippen LogP contribution in [0.15, 0.2) is 88.6 Å². The Labute approximate surface area is 219 Å². The Balaban J connectivity index is 1.18. The van der Waals surface area contributed by atoms with E-state index >= 15 is 0 Å². The lowest BCUT2D eigenvalue weighted by Crippen LogP contribution is -2.53. The van der Waals surface area contributed by atoms with E-state index in [9.17, 15) is 4.79 Å². The first-order valence-electron chi connectivity index (χ1n) is 12.4. The topological polar surface area (TPSA) is 106 Å². The number of anilines is 2. The number of rotatable bonds is 5. The Morgan fingerprint density at radius 1 is 0.921 bits per heavy atom. The van der Waals surface area contributed by atoms with Crippen LogP contribution >= 0.6 is 0 Å². The van der Waals surface area contributed by atoms with Gasteiger partial charge in [0, 0.05) is 61.8 Å². The van der Waals surface area contributed by atoms with Gasteiger partial charge in [0.25, 0.3) is 11.4 Å². The highest BCUT2D eigenvalue weighted by molar-refractivity contribution is 5.63. The van der Waals surface area contributed by atoms with Crippen LogP contribution in [-0.4, -0.2) is 55.3 Å². The fourth-order valence-corrected chi connectivity index (χ4v) is 4.71. The molecular formula is C28H26N8O2. The number of benzene rings is 2. The van der Waals surface area contributed by atoms with E-state index in [0.717, 1.165) is 36.4 Å². The monoisotopic (exact) mass is 506 g/mol. The highest BCUT2D eigenvalue weighted by Crippen LogP contribution is 2.27. The third kappa shape index (κ3) is 4.52. The fourth-order valence-electron chi connectivity index (χ4n) is 4.71. The van der Waals surface area contributed by atoms with E-state index in [1.54, 1.807) is 23.9 Å². The van der Waals surface area contributed by atoms with E-state index in [4.69, 9.17) is 9.51 Å². The van der Waals surface area contributed by atoms with Crippen molar-refractivity contribution in [2.24, 2.45) is 7.05 Å². The van der Waals surface area contributed by atoms with Gasteiger partial charge in [-0.2, -0.15) is 4.98 Å². The van der Waals surface area contributed by atoms with Crippen molar-refractivity contribution in [2.75, 3.05) is 29.4 Å². The molecule has 38 heavy (non-hydrogen) atoms. The van der Waals surface area contributed by atoms with E-state index in [2.05, 4.69) is 49.0 Å². The van der Waals surface area contributed by atoms with Gasteiger partial charge in [0.15, 0.2) is 0 Å². The summed E-state index contributed by atoms with van der Waals surface area (Å²) in [4.78, 5) is 34.8. The van der Waals surface area contributed by atoms with E-state index in [1.807, 2.05) is 42.5 Å². The Kier molecular flexibility index (Phi) is 6.12. The summed E-state index contributed by atoms with van der Waals surface area (Å²) in [5.74, 6) is 1.70. The minimum atomic E-state index is -0.120. The molecule has 1 aliphatic heterocycles. The number of aromatic nitrogens is 6. The first-order valence-corrected chi connectivity index (χ1v) is 12.4. The van der Waals surface area contributed by atoms with Gasteiger partial charge < -0.3 is 14.3 Å². The Morgan fingerprint density at radius 2 is 1.74 bits per heavy atom. The molecule has 0 unspecified atom stereocenters. The zero-order valence-corrected chi connectivity index (χ0v) is 21.1. The molecule has 0 aliphatic carbocycles. The minimum Gasteiger partial charge on any atom is -0.368 e. The lowest BCUT2D eigenvalue weighted by molar-refractivity contribution is 0.432. The summed E-state index contributed by atoms with van der Waals surface area (Å²) in [5.41, 5.74) is 3.96. The SMILES string of the molecule is C[C@@H]1CN(c2ccc(-c3noc(-c4ccccc4)n3)cc2)CCN1c1nc(-c2ccncn2)cc(=O)n1C. The Hall–Kier alpha value is -4.86. The van der Waals surface area contributed by atoms with Gasteiger partial charge in [0.05, 0.1) is 11.4 Å². The van der Waals surface area contributed by atoms with Gasteiger partial charge in [-0.1, -0.05) is 23.4 Å². The predicted octanol–water partition coefficient (Wildman–Crippen LogP) is 3.67. The molecule has 190 valence electrons. The molecule has 1 saturated heterocycles. The number of piperazine rings is 1. The quantitative estimate of drug-likeness (QED) is 0.353. The number of hydrogen-bond acceptors (Lipinski definition) is 9. The van der Waals surface area contributed by atoms with Crippen LogP contribution in [0.3, 0.4) is 0 Å². The molecule has 0 spiro atoms. The van der Waals surface area contributed by atoms with Crippen LogP contribution in [0.1, 0.15) is 6.92 Å². The van der Waals surface area contributed by atoms with Crippen LogP contribution in [0, 0.1) is 0 Å². The van der Waals surface area contributed by atoms with Gasteiger partial charge in [0.2, 0.25) is 11.8 Å². The maximum atomic E-state index is 12.7. The smallest absolute Gasteiger partial charge is 0.258 e. The van der Waals surface area contributed by atoms with E-state index < -0.39 is 0 Å². The van der Waals surface area contributed by atoms with Crippen LogP contribution in [0.25, 0.3) is 34.2 Å². The molecule has 0 radical (unpaired) electrons. The fraction of sp³-hybridized carbons (Fsp3) is 0.214. The molecule has 0 amide bonds. The van der Waals surface area contributed by atoms with E-state index in [1.165, 1.54) is 12.4 Å². The lowest BCUT2D eigenvalue weighted by Gasteiger charge is -2.42. The van der Waals surface area contributed by atoms with Crippen molar-refractivity contribution in [1.29, 1.82) is 0 Å². The van der Waals surface area contributed by atoms with Crippen molar-refractivity contribution in [3.63, 3.8) is 0 Å². The van der Waals surface area contributed by atoms with Gasteiger partial charge in [0.1, 0.15) is 6.33 Å². The summed E-state index contributed by atoms with van der Waals surface area (Å²) < 4.78 is 7.06. The molecular weight excluding hydrogens is 480 g/mol. The summed E-state index contributed by atoms with van der Waals surface area (Å²) >= 11 is 0. The summed E-state index contributed by atoms with van der Waals surface area (Å²) in [6.45, 7) is 4.45. The van der Waals surface area contributed by atoms with E-state index in [0.29, 0.717) is 29.1 Å². The van der Waals surface area contributed by atoms with Crippen LogP contribution in [-0.2, 0) is 7.05 Å². The molecule has 1 fully saturated rings.